The molecule has 1 aliphatic rings. The molecule has 1 aliphatic heterocycles. The van der Waals surface area contributed by atoms with E-state index in [9.17, 15) is 13.2 Å². The summed E-state index contributed by atoms with van der Waals surface area (Å²) < 4.78 is 38.2. The average Bonchev–Trinajstić information content (AvgIpc) is 2.71. The van der Waals surface area contributed by atoms with Crippen LogP contribution < -0.4 is 5.73 Å². The molecule has 0 aromatic heterocycles. The van der Waals surface area contributed by atoms with Crippen molar-refractivity contribution in [1.82, 2.24) is 4.90 Å². The molecule has 0 saturated carbocycles. The van der Waals surface area contributed by atoms with Crippen molar-refractivity contribution in [2.45, 2.75) is 18.0 Å². The fraction of sp³-hybridized carbons (Fsp3) is 0.538. The van der Waals surface area contributed by atoms with Crippen molar-refractivity contribution in [1.29, 1.82) is 0 Å². The van der Waals surface area contributed by atoms with E-state index in [0.29, 0.717) is 18.7 Å². The third-order valence-electron chi connectivity index (χ3n) is 3.74. The van der Waals surface area contributed by atoms with E-state index in [1.54, 1.807) is 6.07 Å². The highest BCUT2D eigenvalue weighted by Gasteiger charge is 2.39. The fourth-order valence-corrected chi connectivity index (χ4v) is 2.63. The van der Waals surface area contributed by atoms with E-state index in [1.807, 2.05) is 7.05 Å². The molecule has 0 bridgehead atoms. The third kappa shape index (κ3) is 2.37. The molecule has 1 atom stereocenters. The molecule has 0 radical (unpaired) electrons. The monoisotopic (exact) mass is 258 g/mol. The maximum absolute atomic E-state index is 12.7. The molecule has 1 aromatic carbocycles. The number of likely N-dealkylation sites (tertiary alicyclic amines) is 1. The predicted octanol–water partition coefficient (Wildman–Crippen LogP) is 2.24. The van der Waals surface area contributed by atoms with Crippen LogP contribution in [0.15, 0.2) is 24.3 Å². The second-order valence-corrected chi connectivity index (χ2v) is 5.05. The summed E-state index contributed by atoms with van der Waals surface area (Å²) in [6.07, 6.45) is -3.49. The highest BCUT2D eigenvalue weighted by molar-refractivity contribution is 5.33. The second-order valence-electron chi connectivity index (χ2n) is 5.05. The number of halogens is 3. The van der Waals surface area contributed by atoms with Gasteiger partial charge in [0.05, 0.1) is 5.56 Å². The van der Waals surface area contributed by atoms with Crippen LogP contribution in [0.3, 0.4) is 0 Å². The van der Waals surface area contributed by atoms with Crippen molar-refractivity contribution in [2.24, 2.45) is 5.73 Å². The summed E-state index contributed by atoms with van der Waals surface area (Å²) in [4.78, 5) is 2.10. The van der Waals surface area contributed by atoms with Crippen LogP contribution in [0, 0.1) is 0 Å². The van der Waals surface area contributed by atoms with E-state index in [4.69, 9.17) is 5.73 Å². The van der Waals surface area contributed by atoms with Crippen molar-refractivity contribution in [3.63, 3.8) is 0 Å². The molecule has 5 heteroatoms. The van der Waals surface area contributed by atoms with Crippen LogP contribution in [-0.4, -0.2) is 31.6 Å². The highest BCUT2D eigenvalue weighted by Crippen LogP contribution is 2.36. The van der Waals surface area contributed by atoms with Gasteiger partial charge in [0.1, 0.15) is 0 Å². The minimum absolute atomic E-state index is 0.337. The molecule has 1 fully saturated rings. The van der Waals surface area contributed by atoms with E-state index in [1.165, 1.54) is 12.1 Å². The molecular formula is C13H17F3N2. The van der Waals surface area contributed by atoms with Gasteiger partial charge in [0.15, 0.2) is 0 Å². The van der Waals surface area contributed by atoms with Crippen LogP contribution in [0.4, 0.5) is 13.2 Å². The molecular weight excluding hydrogens is 241 g/mol. The molecule has 2 rings (SSSR count). The van der Waals surface area contributed by atoms with E-state index in [-0.39, 0.29) is 5.41 Å². The molecule has 1 heterocycles. The maximum atomic E-state index is 12.7. The molecule has 1 saturated heterocycles. The first kappa shape index (κ1) is 13.4. The van der Waals surface area contributed by atoms with Crippen molar-refractivity contribution < 1.29 is 13.2 Å². The lowest BCUT2D eigenvalue weighted by atomic mass is 9.79. The summed E-state index contributed by atoms with van der Waals surface area (Å²) in [5, 5.41) is 0. The van der Waals surface area contributed by atoms with Gasteiger partial charge in [-0.3, -0.25) is 0 Å². The van der Waals surface area contributed by atoms with Crippen LogP contribution in [-0.2, 0) is 11.6 Å². The van der Waals surface area contributed by atoms with Gasteiger partial charge in [-0.25, -0.2) is 0 Å². The zero-order valence-electron chi connectivity index (χ0n) is 10.3. The second kappa shape index (κ2) is 4.55. The van der Waals surface area contributed by atoms with Gasteiger partial charge >= 0.3 is 6.18 Å². The Morgan fingerprint density at radius 1 is 1.39 bits per heavy atom. The number of nitrogens with two attached hydrogens (primary N) is 1. The summed E-state index contributed by atoms with van der Waals surface area (Å²) in [6.45, 7) is 1.96. The van der Waals surface area contributed by atoms with Gasteiger partial charge in [0.25, 0.3) is 0 Å². The Hall–Kier alpha value is -1.07. The van der Waals surface area contributed by atoms with E-state index in [2.05, 4.69) is 4.90 Å². The van der Waals surface area contributed by atoms with Gasteiger partial charge in [-0.2, -0.15) is 13.2 Å². The van der Waals surface area contributed by atoms with Crippen LogP contribution in [0.25, 0.3) is 0 Å². The first-order valence-electron chi connectivity index (χ1n) is 5.94. The molecule has 2 nitrogen and oxygen atoms in total. The van der Waals surface area contributed by atoms with E-state index in [0.717, 1.165) is 19.0 Å². The van der Waals surface area contributed by atoms with Gasteiger partial charge in [0, 0.05) is 18.5 Å². The first-order chi connectivity index (χ1) is 8.37. The first-order valence-corrected chi connectivity index (χ1v) is 5.94. The normalized spacial score (nSPS) is 25.6. The Balaban J connectivity index is 2.38. The standard InChI is InChI=1S/C13H17F3N2/c1-18-6-5-12(8-17,9-18)10-3-2-4-11(7-10)13(14,15)16/h2-4,7H,5-6,8-9,17H2,1H3. The van der Waals surface area contributed by atoms with Crippen LogP contribution in [0.2, 0.25) is 0 Å². The molecule has 1 unspecified atom stereocenters. The largest absolute Gasteiger partial charge is 0.416 e. The number of hydrogen-bond donors (Lipinski definition) is 1. The number of alkyl halides is 3. The molecule has 0 amide bonds. The maximum Gasteiger partial charge on any atom is 0.416 e. The van der Waals surface area contributed by atoms with Gasteiger partial charge in [-0.15, -0.1) is 0 Å². The predicted molar refractivity (Wildman–Crippen MR) is 64.3 cm³/mol. The topological polar surface area (TPSA) is 29.3 Å². The Labute approximate surface area is 105 Å². The van der Waals surface area contributed by atoms with Gasteiger partial charge in [0.2, 0.25) is 0 Å². The minimum atomic E-state index is -4.30. The smallest absolute Gasteiger partial charge is 0.330 e. The van der Waals surface area contributed by atoms with Crippen molar-refractivity contribution in [3.05, 3.63) is 35.4 Å². The van der Waals surface area contributed by atoms with Crippen LogP contribution in [0.1, 0.15) is 17.5 Å². The number of benzene rings is 1. The number of nitrogens with zero attached hydrogens (tertiary/aromatic N) is 1. The molecule has 0 aliphatic carbocycles. The number of rotatable bonds is 2. The number of likely N-dealkylation sites (N-methyl/N-ethyl adjacent to an activating group) is 1. The lowest BCUT2D eigenvalue weighted by Crippen LogP contribution is -2.37. The summed E-state index contributed by atoms with van der Waals surface area (Å²) in [5.74, 6) is 0. The van der Waals surface area contributed by atoms with Gasteiger partial charge in [-0.1, -0.05) is 18.2 Å². The molecule has 18 heavy (non-hydrogen) atoms. The van der Waals surface area contributed by atoms with Crippen LogP contribution in [0.5, 0.6) is 0 Å². The van der Waals surface area contributed by atoms with Crippen molar-refractivity contribution in [2.75, 3.05) is 26.7 Å². The lowest BCUT2D eigenvalue weighted by molar-refractivity contribution is -0.137. The molecule has 0 spiro atoms. The van der Waals surface area contributed by atoms with Crippen molar-refractivity contribution >= 4 is 0 Å². The summed E-state index contributed by atoms with van der Waals surface area (Å²) in [5.41, 5.74) is 5.58. The average molecular weight is 258 g/mol. The molecule has 2 N–H and O–H groups in total. The lowest BCUT2D eigenvalue weighted by Gasteiger charge is -2.28. The van der Waals surface area contributed by atoms with Gasteiger partial charge in [-0.05, 0) is 31.6 Å². The Morgan fingerprint density at radius 3 is 2.61 bits per heavy atom. The SMILES string of the molecule is CN1CCC(CN)(c2cccc(C(F)(F)F)c2)C1. The minimum Gasteiger partial charge on any atom is -0.330 e. The Kier molecular flexibility index (Phi) is 3.38. The quantitative estimate of drug-likeness (QED) is 0.881. The summed E-state index contributed by atoms with van der Waals surface area (Å²) >= 11 is 0. The summed E-state index contributed by atoms with van der Waals surface area (Å²) in [6, 6.07) is 5.56. The fourth-order valence-electron chi connectivity index (χ4n) is 2.63. The molecule has 100 valence electrons. The van der Waals surface area contributed by atoms with Crippen molar-refractivity contribution in [3.8, 4) is 0 Å². The highest BCUT2D eigenvalue weighted by atomic mass is 19.4. The third-order valence-corrected chi connectivity index (χ3v) is 3.74. The molecule has 1 aromatic rings. The number of hydrogen-bond acceptors (Lipinski definition) is 2. The Bertz CT molecular complexity index is 430. The van der Waals surface area contributed by atoms with E-state index < -0.39 is 11.7 Å². The van der Waals surface area contributed by atoms with E-state index >= 15 is 0 Å². The summed E-state index contributed by atoms with van der Waals surface area (Å²) in [7, 11) is 1.96. The Morgan fingerprint density at radius 2 is 2.11 bits per heavy atom. The zero-order valence-corrected chi connectivity index (χ0v) is 10.3. The zero-order chi connectivity index (χ0) is 13.4. The van der Waals surface area contributed by atoms with Crippen LogP contribution >= 0.6 is 0 Å². The van der Waals surface area contributed by atoms with Gasteiger partial charge < -0.3 is 10.6 Å².